The second-order valence-electron chi connectivity index (χ2n) is 7.70. The zero-order valence-electron chi connectivity index (χ0n) is 16.6. The van der Waals surface area contributed by atoms with Gasteiger partial charge in [0.25, 0.3) is 5.91 Å². The van der Waals surface area contributed by atoms with Gasteiger partial charge in [0.15, 0.2) is 0 Å². The predicted octanol–water partition coefficient (Wildman–Crippen LogP) is 1.92. The summed E-state index contributed by atoms with van der Waals surface area (Å²) in [6.07, 6.45) is 3.96. The first-order valence-corrected chi connectivity index (χ1v) is 10.4. The second-order valence-corrected chi connectivity index (χ2v) is 7.70. The molecule has 0 aromatic heterocycles. The quantitative estimate of drug-likeness (QED) is 0.765. The van der Waals surface area contributed by atoms with Crippen LogP contribution in [0.2, 0.25) is 0 Å². The molecule has 0 spiro atoms. The Labute approximate surface area is 170 Å². The molecule has 154 valence electrons. The van der Waals surface area contributed by atoms with Crippen molar-refractivity contribution in [2.75, 3.05) is 44.3 Å². The van der Waals surface area contributed by atoms with E-state index in [9.17, 15) is 14.4 Å². The maximum absolute atomic E-state index is 13.0. The van der Waals surface area contributed by atoms with Gasteiger partial charge >= 0.3 is 6.03 Å². The smallest absolute Gasteiger partial charge is 0.320 e. The fourth-order valence-corrected chi connectivity index (χ4v) is 4.05. The molecule has 3 aliphatic rings. The molecule has 0 bridgehead atoms. The topological polar surface area (TPSA) is 76.5 Å². The number of piperidine rings is 1. The molecule has 1 aromatic carbocycles. The third-order valence-corrected chi connectivity index (χ3v) is 5.74. The van der Waals surface area contributed by atoms with Crippen LogP contribution in [0.4, 0.5) is 10.5 Å². The van der Waals surface area contributed by atoms with Crippen molar-refractivity contribution in [2.45, 2.75) is 32.1 Å². The fourth-order valence-electron chi connectivity index (χ4n) is 4.05. The van der Waals surface area contributed by atoms with Gasteiger partial charge in [0.2, 0.25) is 5.91 Å². The van der Waals surface area contributed by atoms with Crippen molar-refractivity contribution in [3.8, 4) is 0 Å². The number of carbonyl (C=O) groups excluding carboxylic acids is 3. The molecule has 29 heavy (non-hydrogen) atoms. The molecule has 0 saturated carbocycles. The molecule has 0 unspecified atom stereocenters. The Bertz CT molecular complexity index is 796. The van der Waals surface area contributed by atoms with Crippen molar-refractivity contribution >= 4 is 29.2 Å². The first kappa shape index (κ1) is 19.4. The molecule has 1 aromatic rings. The highest BCUT2D eigenvalue weighted by Crippen LogP contribution is 2.21. The number of carbonyl (C=O) groups is 3. The summed E-state index contributed by atoms with van der Waals surface area (Å²) in [4.78, 5) is 43.4. The van der Waals surface area contributed by atoms with Crippen LogP contribution in [-0.2, 0) is 9.59 Å². The average molecular weight is 397 g/mol. The molecule has 0 atom stereocenters. The van der Waals surface area contributed by atoms with Crippen LogP contribution in [0, 0.1) is 0 Å². The molecule has 0 N–H and O–H groups in total. The number of urea groups is 1. The SMILES string of the molecule is O=C(C1=NN(c2ccccc2)C(=O)CC1)N1CCN(C(=O)N2CCCCC2)CC1. The Kier molecular flexibility index (Phi) is 5.78. The molecular formula is C21H27N5O3. The maximum Gasteiger partial charge on any atom is 0.320 e. The van der Waals surface area contributed by atoms with E-state index in [4.69, 9.17) is 0 Å². The van der Waals surface area contributed by atoms with Crippen molar-refractivity contribution in [3.05, 3.63) is 30.3 Å². The summed E-state index contributed by atoms with van der Waals surface area (Å²) >= 11 is 0. The van der Waals surface area contributed by atoms with Crippen molar-refractivity contribution in [2.24, 2.45) is 5.10 Å². The van der Waals surface area contributed by atoms with Crippen molar-refractivity contribution in [1.82, 2.24) is 14.7 Å². The number of amides is 4. The van der Waals surface area contributed by atoms with Gasteiger partial charge in [-0.1, -0.05) is 18.2 Å². The van der Waals surface area contributed by atoms with E-state index in [1.54, 1.807) is 17.0 Å². The Balaban J connectivity index is 1.38. The normalized spacial score (nSPS) is 20.6. The number of nitrogens with zero attached hydrogens (tertiary/aromatic N) is 5. The van der Waals surface area contributed by atoms with Crippen LogP contribution in [-0.4, -0.2) is 77.5 Å². The summed E-state index contributed by atoms with van der Waals surface area (Å²) in [5, 5.41) is 5.68. The van der Waals surface area contributed by atoms with E-state index < -0.39 is 0 Å². The zero-order valence-corrected chi connectivity index (χ0v) is 16.6. The van der Waals surface area contributed by atoms with E-state index >= 15 is 0 Å². The lowest BCUT2D eigenvalue weighted by atomic mass is 10.1. The van der Waals surface area contributed by atoms with Crippen molar-refractivity contribution in [1.29, 1.82) is 0 Å². The number of likely N-dealkylation sites (tertiary alicyclic amines) is 1. The zero-order chi connectivity index (χ0) is 20.2. The van der Waals surface area contributed by atoms with Crippen LogP contribution in [0.5, 0.6) is 0 Å². The van der Waals surface area contributed by atoms with Gasteiger partial charge in [-0.2, -0.15) is 5.10 Å². The maximum atomic E-state index is 13.0. The van der Waals surface area contributed by atoms with Gasteiger partial charge in [0.1, 0.15) is 5.71 Å². The van der Waals surface area contributed by atoms with E-state index in [1.807, 2.05) is 28.0 Å². The standard InChI is InChI=1S/C21H27N5O3/c27-19-10-9-18(22-26(19)17-7-3-1-4-8-17)20(28)23-13-15-25(16-14-23)21(29)24-11-5-2-6-12-24/h1,3-4,7-8H,2,5-6,9-16H2. The van der Waals surface area contributed by atoms with Gasteiger partial charge in [-0.05, 0) is 31.4 Å². The van der Waals surface area contributed by atoms with Gasteiger partial charge in [-0.25, -0.2) is 9.80 Å². The van der Waals surface area contributed by atoms with E-state index in [-0.39, 0.29) is 24.3 Å². The van der Waals surface area contributed by atoms with Crippen LogP contribution in [0.1, 0.15) is 32.1 Å². The number of piperazine rings is 1. The number of hydrogen-bond acceptors (Lipinski definition) is 4. The molecular weight excluding hydrogens is 370 g/mol. The summed E-state index contributed by atoms with van der Waals surface area (Å²) < 4.78 is 0. The van der Waals surface area contributed by atoms with Crippen LogP contribution in [0.15, 0.2) is 35.4 Å². The molecule has 8 heteroatoms. The number of hydrazone groups is 1. The van der Waals surface area contributed by atoms with Gasteiger partial charge in [0.05, 0.1) is 5.69 Å². The molecule has 4 rings (SSSR count). The number of hydrogen-bond donors (Lipinski definition) is 0. The van der Waals surface area contributed by atoms with Gasteiger partial charge < -0.3 is 14.7 Å². The van der Waals surface area contributed by atoms with E-state index in [2.05, 4.69) is 5.10 Å². The molecule has 3 heterocycles. The van der Waals surface area contributed by atoms with E-state index in [1.165, 1.54) is 11.4 Å². The van der Waals surface area contributed by atoms with Crippen LogP contribution < -0.4 is 5.01 Å². The minimum Gasteiger partial charge on any atom is -0.334 e. The Morgan fingerprint density at radius 1 is 0.759 bits per heavy atom. The highest BCUT2D eigenvalue weighted by molar-refractivity contribution is 6.40. The Morgan fingerprint density at radius 2 is 1.38 bits per heavy atom. The molecule has 2 fully saturated rings. The lowest BCUT2D eigenvalue weighted by molar-refractivity contribution is -0.125. The molecule has 0 aliphatic carbocycles. The molecule has 2 saturated heterocycles. The third-order valence-electron chi connectivity index (χ3n) is 5.74. The van der Waals surface area contributed by atoms with Gasteiger partial charge in [-0.3, -0.25) is 9.59 Å². The summed E-state index contributed by atoms with van der Waals surface area (Å²) in [6.45, 7) is 3.73. The van der Waals surface area contributed by atoms with Crippen LogP contribution >= 0.6 is 0 Å². The third kappa shape index (κ3) is 4.26. The van der Waals surface area contributed by atoms with Gasteiger partial charge in [-0.15, -0.1) is 0 Å². The van der Waals surface area contributed by atoms with Crippen LogP contribution in [0.3, 0.4) is 0 Å². The lowest BCUT2D eigenvalue weighted by Gasteiger charge is -2.39. The lowest BCUT2D eigenvalue weighted by Crippen LogP contribution is -2.56. The first-order valence-electron chi connectivity index (χ1n) is 10.4. The second kappa shape index (κ2) is 8.63. The van der Waals surface area contributed by atoms with E-state index in [0.717, 1.165) is 25.9 Å². The number of para-hydroxylation sites is 1. The highest BCUT2D eigenvalue weighted by Gasteiger charge is 2.32. The van der Waals surface area contributed by atoms with Crippen molar-refractivity contribution in [3.63, 3.8) is 0 Å². The summed E-state index contributed by atoms with van der Waals surface area (Å²) in [6, 6.07) is 9.25. The van der Waals surface area contributed by atoms with Crippen molar-refractivity contribution < 1.29 is 14.4 Å². The summed E-state index contributed by atoms with van der Waals surface area (Å²) in [7, 11) is 0. The predicted molar refractivity (Wildman–Crippen MR) is 110 cm³/mol. The Morgan fingerprint density at radius 3 is 2.07 bits per heavy atom. The van der Waals surface area contributed by atoms with Gasteiger partial charge in [0, 0.05) is 52.1 Å². The monoisotopic (exact) mass is 397 g/mol. The average Bonchev–Trinajstić information content (AvgIpc) is 2.80. The molecule has 4 amide bonds. The number of rotatable bonds is 2. The summed E-state index contributed by atoms with van der Waals surface area (Å²) in [5.74, 6) is -0.242. The number of anilines is 1. The van der Waals surface area contributed by atoms with Crippen LogP contribution in [0.25, 0.3) is 0 Å². The van der Waals surface area contributed by atoms with E-state index in [0.29, 0.717) is 44.0 Å². The molecule has 3 aliphatic heterocycles. The molecule has 0 radical (unpaired) electrons. The minimum atomic E-state index is -0.136. The summed E-state index contributed by atoms with van der Waals surface area (Å²) in [5.41, 5.74) is 1.07. The minimum absolute atomic E-state index is 0.0904. The Hall–Kier alpha value is -2.90. The molecule has 8 nitrogen and oxygen atoms in total. The fraction of sp³-hybridized carbons (Fsp3) is 0.524. The highest BCUT2D eigenvalue weighted by atomic mass is 16.2. The number of benzene rings is 1. The largest absolute Gasteiger partial charge is 0.334 e. The first-order chi connectivity index (χ1) is 14.1.